The second-order valence-electron chi connectivity index (χ2n) is 15.0. The van der Waals surface area contributed by atoms with E-state index < -0.39 is 0 Å². The van der Waals surface area contributed by atoms with Crippen molar-refractivity contribution in [3.63, 3.8) is 0 Å². The molecule has 0 N–H and O–H groups in total. The van der Waals surface area contributed by atoms with Gasteiger partial charge in [0.05, 0.1) is 6.61 Å². The van der Waals surface area contributed by atoms with Crippen LogP contribution in [0.15, 0.2) is 65.5 Å². The average molecular weight is 742 g/mol. The quantitative estimate of drug-likeness (QED) is 0.0648. The van der Waals surface area contributed by atoms with Crippen LogP contribution in [0.1, 0.15) is 117 Å². The van der Waals surface area contributed by atoms with E-state index >= 15 is 0 Å². The minimum atomic E-state index is -0.170. The fourth-order valence-electron chi connectivity index (χ4n) is 8.07. The van der Waals surface area contributed by atoms with Gasteiger partial charge >= 0.3 is 214 Å². The van der Waals surface area contributed by atoms with Crippen LogP contribution in [0, 0.1) is 23.7 Å². The van der Waals surface area contributed by atoms with E-state index in [4.69, 9.17) is 23.7 Å². The fourth-order valence-corrected chi connectivity index (χ4v) is 10.4. The van der Waals surface area contributed by atoms with Crippen LogP contribution in [-0.2, 0) is 28.5 Å². The number of benzene rings is 1. The topological polar surface area (TPSA) is 63.2 Å². The summed E-state index contributed by atoms with van der Waals surface area (Å²) in [5.74, 6) is 2.81. The molecule has 3 fully saturated rings. The van der Waals surface area contributed by atoms with E-state index in [1.807, 2.05) is 6.07 Å². The van der Waals surface area contributed by atoms with Crippen LogP contribution in [0.2, 0.25) is 4.82 Å². The van der Waals surface area contributed by atoms with Gasteiger partial charge in [0.15, 0.2) is 0 Å². The third kappa shape index (κ3) is 12.1. The molecule has 6 nitrogen and oxygen atoms in total. The maximum atomic E-state index is 12.7. The molecule has 1 aromatic rings. The van der Waals surface area contributed by atoms with E-state index in [9.17, 15) is 4.79 Å². The van der Waals surface area contributed by atoms with Crippen LogP contribution in [0.5, 0.6) is 0 Å². The monoisotopic (exact) mass is 742 g/mol. The Balaban J connectivity index is 1.27. The van der Waals surface area contributed by atoms with Crippen molar-refractivity contribution in [2.45, 2.75) is 141 Å². The van der Waals surface area contributed by atoms with Crippen LogP contribution < -0.4 is 4.46 Å². The Morgan fingerprint density at radius 2 is 1.67 bits per heavy atom. The SMILES string of the molecule is COC(=O)C(CCCC1=C[C@@H]2C[C@@H](OC3CCCCO3)[C@H](C(=CCC[C@H](C)CCC=C(C)C)OC3CCCCO3)[C@@H]2C1)[Se]c1ccccc1. The summed E-state index contributed by atoms with van der Waals surface area (Å²) < 4.78 is 32.5. The first-order valence-electron chi connectivity index (χ1n) is 19.3. The molecule has 2 saturated heterocycles. The van der Waals surface area contributed by atoms with Gasteiger partial charge in [0.1, 0.15) is 0 Å². The predicted molar refractivity (Wildman–Crippen MR) is 198 cm³/mol. The molecule has 7 heteroatoms. The Morgan fingerprint density at radius 1 is 0.959 bits per heavy atom. The molecule has 5 rings (SSSR count). The molecule has 8 atom stereocenters. The molecule has 2 aliphatic heterocycles. The van der Waals surface area contributed by atoms with Gasteiger partial charge in [-0.25, -0.2) is 0 Å². The summed E-state index contributed by atoms with van der Waals surface area (Å²) in [6, 6.07) is 10.4. The van der Waals surface area contributed by atoms with E-state index in [-0.39, 0.29) is 50.3 Å². The molecule has 4 aliphatic rings. The van der Waals surface area contributed by atoms with Crippen LogP contribution in [0.4, 0.5) is 0 Å². The molecular formula is C42H62O6Se. The number of carbonyl (C=O) groups excluding carboxylic acids is 1. The molecule has 0 amide bonds. The number of hydrogen-bond acceptors (Lipinski definition) is 6. The standard InChI is InChI=1S/C42H62O6Se/c1-30(2)15-12-16-31(3)17-13-21-36(47-39-23-8-10-25-45-39)41-35-28-32(27-33(35)29-37(41)48-40-24-9-11-26-46-40)18-14-22-38(42(43)44-4)49-34-19-6-5-7-20-34/h5-7,15,19-21,27,31,33,35,37-41H,8-14,16-18,22-26,28-29H2,1-4H3/t31-,33-,35-,37-,38?,39?,40?,41+/m1/s1. The van der Waals surface area contributed by atoms with E-state index in [0.717, 1.165) is 109 Å². The van der Waals surface area contributed by atoms with Crippen molar-refractivity contribution in [1.82, 2.24) is 0 Å². The molecule has 2 aliphatic carbocycles. The summed E-state index contributed by atoms with van der Waals surface area (Å²) in [4.78, 5) is 12.7. The van der Waals surface area contributed by atoms with Gasteiger partial charge in [-0.15, -0.1) is 0 Å². The minimum absolute atomic E-state index is 0.0507. The summed E-state index contributed by atoms with van der Waals surface area (Å²) >= 11 is 0.0626. The number of rotatable bonds is 18. The first kappa shape index (κ1) is 38.3. The fraction of sp³-hybridized carbons (Fsp3) is 0.690. The number of methoxy groups -OCH3 is 1. The predicted octanol–water partition coefficient (Wildman–Crippen LogP) is 9.23. The second-order valence-corrected chi connectivity index (χ2v) is 17.7. The van der Waals surface area contributed by atoms with Gasteiger partial charge in [0.2, 0.25) is 0 Å². The number of hydrogen-bond donors (Lipinski definition) is 0. The number of esters is 1. The molecule has 0 aromatic heterocycles. The summed E-state index contributed by atoms with van der Waals surface area (Å²) in [6.45, 7) is 8.32. The zero-order chi connectivity index (χ0) is 34.4. The zero-order valence-electron chi connectivity index (χ0n) is 30.6. The van der Waals surface area contributed by atoms with Crippen molar-refractivity contribution in [3.05, 3.63) is 65.5 Å². The van der Waals surface area contributed by atoms with Crippen LogP contribution in [0.25, 0.3) is 0 Å². The normalized spacial score (nSPS) is 28.3. The summed E-state index contributed by atoms with van der Waals surface area (Å²) in [5.41, 5.74) is 2.93. The van der Waals surface area contributed by atoms with Crippen molar-refractivity contribution in [2.24, 2.45) is 23.7 Å². The maximum absolute atomic E-state index is 12.7. The Labute approximate surface area is 302 Å². The summed E-state index contributed by atoms with van der Waals surface area (Å²) in [6.07, 6.45) is 23.1. The molecule has 0 radical (unpaired) electrons. The molecule has 272 valence electrons. The molecule has 0 spiro atoms. The Morgan fingerprint density at radius 3 is 2.35 bits per heavy atom. The summed E-state index contributed by atoms with van der Waals surface area (Å²) in [5, 5.41) is 0. The van der Waals surface area contributed by atoms with Crippen molar-refractivity contribution in [1.29, 1.82) is 0 Å². The van der Waals surface area contributed by atoms with Crippen molar-refractivity contribution in [3.8, 4) is 0 Å². The first-order chi connectivity index (χ1) is 23.9. The average Bonchev–Trinajstić information content (AvgIpc) is 3.65. The molecular weight excluding hydrogens is 679 g/mol. The van der Waals surface area contributed by atoms with Gasteiger partial charge in [0, 0.05) is 6.61 Å². The number of ether oxygens (including phenoxy) is 5. The second kappa shape index (κ2) is 20.2. The third-order valence-corrected chi connectivity index (χ3v) is 13.4. The molecule has 1 aromatic carbocycles. The van der Waals surface area contributed by atoms with Crippen molar-refractivity contribution < 1.29 is 28.5 Å². The van der Waals surface area contributed by atoms with Gasteiger partial charge in [0.25, 0.3) is 0 Å². The van der Waals surface area contributed by atoms with Crippen molar-refractivity contribution in [2.75, 3.05) is 20.3 Å². The van der Waals surface area contributed by atoms with Crippen LogP contribution in [0.3, 0.4) is 0 Å². The van der Waals surface area contributed by atoms with E-state index in [1.165, 1.54) is 29.1 Å². The van der Waals surface area contributed by atoms with Crippen LogP contribution in [-0.4, -0.2) is 59.9 Å². The van der Waals surface area contributed by atoms with Crippen molar-refractivity contribution >= 4 is 25.4 Å². The van der Waals surface area contributed by atoms with E-state index in [2.05, 4.69) is 63.3 Å². The third-order valence-electron chi connectivity index (χ3n) is 10.7. The summed E-state index contributed by atoms with van der Waals surface area (Å²) in [7, 11) is 1.52. The first-order valence-corrected chi connectivity index (χ1v) is 21.1. The Kier molecular flexibility index (Phi) is 15.8. The van der Waals surface area contributed by atoms with E-state index in [0.29, 0.717) is 17.8 Å². The molecule has 49 heavy (non-hydrogen) atoms. The molecule has 1 saturated carbocycles. The Hall–Kier alpha value is -1.89. The van der Waals surface area contributed by atoms with Gasteiger partial charge in [-0.2, -0.15) is 0 Å². The van der Waals surface area contributed by atoms with Gasteiger partial charge in [-0.05, 0) is 58.3 Å². The number of fused-ring (bicyclic) bond motifs is 1. The molecule has 0 bridgehead atoms. The Bertz CT molecular complexity index is 1230. The van der Waals surface area contributed by atoms with Gasteiger partial charge < -0.3 is 0 Å². The zero-order valence-corrected chi connectivity index (χ0v) is 32.3. The number of carbonyl (C=O) groups is 1. The molecule has 2 heterocycles. The molecule has 3 unspecified atom stereocenters. The van der Waals surface area contributed by atoms with Gasteiger partial charge in [-0.3, -0.25) is 0 Å². The van der Waals surface area contributed by atoms with Gasteiger partial charge in [-0.1, -0.05) is 18.6 Å². The van der Waals surface area contributed by atoms with Crippen LogP contribution >= 0.6 is 0 Å². The number of allylic oxidation sites excluding steroid dienone is 5. The van der Waals surface area contributed by atoms with E-state index in [1.54, 1.807) is 0 Å².